The van der Waals surface area contributed by atoms with Crippen LogP contribution in [0.25, 0.3) is 22.3 Å². The first-order chi connectivity index (χ1) is 17.7. The van der Waals surface area contributed by atoms with Crippen LogP contribution >= 0.6 is 0 Å². The van der Waals surface area contributed by atoms with Gasteiger partial charge in [-0.05, 0) is 42.8 Å². The Hall–Kier alpha value is -5.05. The molecule has 7 nitrogen and oxygen atoms in total. The van der Waals surface area contributed by atoms with Crippen molar-refractivity contribution < 1.29 is 28.6 Å². The fourth-order valence-electron chi connectivity index (χ4n) is 4.27. The molecule has 37 heavy (non-hydrogen) atoms. The number of phenols is 1. The molecule has 0 aliphatic carbocycles. The molecule has 1 amide bonds. The maximum Gasteiger partial charge on any atom is 0.337 e. The molecule has 0 spiro atoms. The third kappa shape index (κ3) is 4.27. The Kier molecular flexibility index (Phi) is 5.88. The van der Waals surface area contributed by atoms with Crippen molar-refractivity contribution in [3.05, 3.63) is 101 Å². The Morgan fingerprint density at radius 2 is 1.62 bits per heavy atom. The van der Waals surface area contributed by atoms with Crippen LogP contribution in [0.15, 0.2) is 77.9 Å². The number of rotatable bonds is 5. The van der Waals surface area contributed by atoms with Gasteiger partial charge in [0.15, 0.2) is 5.71 Å². The molecule has 5 rings (SSSR count). The van der Waals surface area contributed by atoms with Crippen LogP contribution in [-0.4, -0.2) is 27.8 Å². The average Bonchev–Trinajstić information content (AvgIpc) is 3.17. The molecule has 0 saturated heterocycles. The number of aromatic carboxylic acids is 1. The number of nitrogens with one attached hydrogen (secondary N) is 2. The van der Waals surface area contributed by atoms with E-state index in [0.29, 0.717) is 16.7 Å². The molecule has 4 aromatic carbocycles. The van der Waals surface area contributed by atoms with Crippen LogP contribution in [0.4, 0.5) is 20.2 Å². The van der Waals surface area contributed by atoms with Gasteiger partial charge in [0.05, 0.1) is 16.9 Å². The molecule has 1 aliphatic rings. The molecule has 0 aromatic heterocycles. The smallest absolute Gasteiger partial charge is 0.337 e. The monoisotopic (exact) mass is 499 g/mol. The highest BCUT2D eigenvalue weighted by molar-refractivity contribution is 6.54. The minimum atomic E-state index is -1.26. The summed E-state index contributed by atoms with van der Waals surface area (Å²) in [6.45, 7) is 1.72. The Labute approximate surface area is 209 Å². The number of hydrogen-bond donors (Lipinski definition) is 4. The molecule has 0 saturated carbocycles. The van der Waals surface area contributed by atoms with E-state index in [1.54, 1.807) is 37.3 Å². The number of phenolic OH excluding ortho intramolecular Hbond substituents is 1. The van der Waals surface area contributed by atoms with E-state index >= 15 is 0 Å². The molecule has 0 bridgehead atoms. The van der Waals surface area contributed by atoms with E-state index in [2.05, 4.69) is 15.8 Å². The van der Waals surface area contributed by atoms with Crippen molar-refractivity contribution in [2.24, 2.45) is 5.10 Å². The van der Waals surface area contributed by atoms with E-state index in [1.807, 2.05) is 0 Å². The summed E-state index contributed by atoms with van der Waals surface area (Å²) >= 11 is 0. The number of nitrogens with zero attached hydrogens (tertiary/aromatic N) is 1. The summed E-state index contributed by atoms with van der Waals surface area (Å²) in [5.74, 6) is -3.32. The standard InChI is InChI=1S/C28H19F2N3O4/c1-14-9-10-16(22(30)11-14)20-12-15(29)13-21-24(20)31-27(35)26(21)33-32-25-18(6-4-7-19(25)28(36)37)17-5-2-3-8-23(17)34/h2-13,32,34H,1H3,(H,36,37)(H,31,33,35). The third-order valence-corrected chi connectivity index (χ3v) is 6.00. The van der Waals surface area contributed by atoms with Gasteiger partial charge in [-0.1, -0.05) is 42.5 Å². The van der Waals surface area contributed by atoms with Crippen LogP contribution < -0.4 is 10.7 Å². The Bertz CT molecular complexity index is 1630. The first kappa shape index (κ1) is 23.7. The average molecular weight is 499 g/mol. The topological polar surface area (TPSA) is 111 Å². The van der Waals surface area contributed by atoms with Gasteiger partial charge in [0.25, 0.3) is 5.91 Å². The van der Waals surface area contributed by atoms with Crippen LogP contribution in [0.5, 0.6) is 5.75 Å². The van der Waals surface area contributed by atoms with Crippen molar-refractivity contribution in [3.8, 4) is 28.0 Å². The minimum absolute atomic E-state index is 0.0199. The van der Waals surface area contributed by atoms with Crippen LogP contribution in [0.3, 0.4) is 0 Å². The highest BCUT2D eigenvalue weighted by Crippen LogP contribution is 2.39. The molecule has 4 aromatic rings. The van der Waals surface area contributed by atoms with Gasteiger partial charge in [0.1, 0.15) is 17.4 Å². The number of aromatic hydroxyl groups is 1. The molecule has 4 N–H and O–H groups in total. The van der Waals surface area contributed by atoms with Crippen LogP contribution in [0.1, 0.15) is 21.5 Å². The molecule has 0 radical (unpaired) electrons. The number of carboxylic acid groups (broad SMARTS) is 1. The lowest BCUT2D eigenvalue weighted by Crippen LogP contribution is -2.16. The maximum atomic E-state index is 14.7. The van der Waals surface area contributed by atoms with Gasteiger partial charge in [-0.15, -0.1) is 0 Å². The number of carboxylic acids is 1. The van der Waals surface area contributed by atoms with Crippen LogP contribution in [-0.2, 0) is 4.79 Å². The van der Waals surface area contributed by atoms with Gasteiger partial charge in [-0.2, -0.15) is 5.10 Å². The summed E-state index contributed by atoms with van der Waals surface area (Å²) in [6, 6.07) is 17.5. The first-order valence-electron chi connectivity index (χ1n) is 11.1. The van der Waals surface area contributed by atoms with E-state index in [0.717, 1.165) is 12.1 Å². The van der Waals surface area contributed by atoms with Crippen molar-refractivity contribution in [1.29, 1.82) is 0 Å². The summed E-state index contributed by atoms with van der Waals surface area (Å²) in [5, 5.41) is 26.8. The first-order valence-corrected chi connectivity index (χ1v) is 11.1. The van der Waals surface area contributed by atoms with Gasteiger partial charge < -0.3 is 15.5 Å². The predicted molar refractivity (Wildman–Crippen MR) is 136 cm³/mol. The zero-order chi connectivity index (χ0) is 26.3. The van der Waals surface area contributed by atoms with Crippen molar-refractivity contribution in [2.45, 2.75) is 6.92 Å². The van der Waals surface area contributed by atoms with Gasteiger partial charge in [-0.3, -0.25) is 10.2 Å². The van der Waals surface area contributed by atoms with Gasteiger partial charge in [0.2, 0.25) is 0 Å². The van der Waals surface area contributed by atoms with Gasteiger partial charge in [0, 0.05) is 27.8 Å². The molecule has 0 atom stereocenters. The Balaban J connectivity index is 1.63. The lowest BCUT2D eigenvalue weighted by molar-refractivity contribution is -0.110. The second-order valence-corrected chi connectivity index (χ2v) is 8.44. The zero-order valence-electron chi connectivity index (χ0n) is 19.3. The summed E-state index contributed by atoms with van der Waals surface area (Å²) in [4.78, 5) is 24.8. The van der Waals surface area contributed by atoms with E-state index < -0.39 is 23.5 Å². The van der Waals surface area contributed by atoms with E-state index in [9.17, 15) is 28.6 Å². The number of hydrazone groups is 1. The van der Waals surface area contributed by atoms with E-state index in [-0.39, 0.29) is 45.1 Å². The number of anilines is 2. The number of carbonyl (C=O) groups excluding carboxylic acids is 1. The molecular formula is C28H19F2N3O4. The number of para-hydroxylation sites is 2. The summed E-state index contributed by atoms with van der Waals surface area (Å²) in [7, 11) is 0. The number of carbonyl (C=O) groups is 2. The molecular weight excluding hydrogens is 480 g/mol. The fourth-order valence-corrected chi connectivity index (χ4v) is 4.27. The summed E-state index contributed by atoms with van der Waals surface area (Å²) < 4.78 is 29.3. The third-order valence-electron chi connectivity index (χ3n) is 6.00. The van der Waals surface area contributed by atoms with E-state index in [1.165, 1.54) is 30.3 Å². The normalized spacial score (nSPS) is 13.4. The highest BCUT2D eigenvalue weighted by Gasteiger charge is 2.31. The number of halogens is 2. The maximum absolute atomic E-state index is 14.7. The van der Waals surface area contributed by atoms with Crippen LogP contribution in [0, 0.1) is 18.6 Å². The lowest BCUT2D eigenvalue weighted by Gasteiger charge is -2.14. The Morgan fingerprint density at radius 3 is 2.35 bits per heavy atom. The van der Waals surface area contributed by atoms with Crippen molar-refractivity contribution in [2.75, 3.05) is 10.7 Å². The SMILES string of the molecule is Cc1ccc(-c2cc(F)cc3c2NC(=O)C3=NNc2c(C(=O)O)cccc2-c2ccccc2O)c(F)c1. The largest absolute Gasteiger partial charge is 0.507 e. The highest BCUT2D eigenvalue weighted by atomic mass is 19.1. The number of hydrogen-bond acceptors (Lipinski definition) is 5. The lowest BCUT2D eigenvalue weighted by atomic mass is 9.98. The van der Waals surface area contributed by atoms with E-state index in [4.69, 9.17) is 0 Å². The van der Waals surface area contributed by atoms with Crippen molar-refractivity contribution in [1.82, 2.24) is 0 Å². The molecule has 9 heteroatoms. The molecule has 0 fully saturated rings. The predicted octanol–water partition coefficient (Wildman–Crippen LogP) is 5.78. The van der Waals surface area contributed by atoms with Gasteiger partial charge >= 0.3 is 5.97 Å². The number of fused-ring (bicyclic) bond motifs is 1. The molecule has 1 aliphatic heterocycles. The molecule has 0 unspecified atom stereocenters. The van der Waals surface area contributed by atoms with Crippen molar-refractivity contribution >= 4 is 29.0 Å². The summed E-state index contributed by atoms with van der Waals surface area (Å²) in [5.41, 5.74) is 4.15. The summed E-state index contributed by atoms with van der Waals surface area (Å²) in [6.07, 6.45) is 0. The number of benzene rings is 4. The zero-order valence-corrected chi connectivity index (χ0v) is 19.3. The molecule has 184 valence electrons. The molecule has 1 heterocycles. The Morgan fingerprint density at radius 1 is 0.892 bits per heavy atom. The quantitative estimate of drug-likeness (QED) is 0.260. The van der Waals surface area contributed by atoms with Crippen LogP contribution in [0.2, 0.25) is 0 Å². The second kappa shape index (κ2) is 9.19. The fraction of sp³-hybridized carbons (Fsp3) is 0.0357. The van der Waals surface area contributed by atoms with Gasteiger partial charge in [-0.25, -0.2) is 13.6 Å². The second-order valence-electron chi connectivity index (χ2n) is 8.44. The number of aryl methyl sites for hydroxylation is 1. The minimum Gasteiger partial charge on any atom is -0.507 e. The number of amides is 1. The van der Waals surface area contributed by atoms with Crippen molar-refractivity contribution in [3.63, 3.8) is 0 Å².